The molecule has 0 aliphatic carbocycles. The SMILES string of the molecule is Cc1ccc(-c2ncc(CN)c(C(C)C)n2)cc1. The van der Waals surface area contributed by atoms with Crippen LogP contribution in [0.15, 0.2) is 30.5 Å². The monoisotopic (exact) mass is 241 g/mol. The fourth-order valence-electron chi connectivity index (χ4n) is 1.92. The maximum Gasteiger partial charge on any atom is 0.159 e. The van der Waals surface area contributed by atoms with Crippen LogP contribution in [0.2, 0.25) is 0 Å². The maximum absolute atomic E-state index is 5.72. The minimum Gasteiger partial charge on any atom is -0.326 e. The maximum atomic E-state index is 5.72. The van der Waals surface area contributed by atoms with Crippen molar-refractivity contribution in [3.05, 3.63) is 47.3 Å². The Labute approximate surface area is 108 Å². The van der Waals surface area contributed by atoms with Gasteiger partial charge >= 0.3 is 0 Å². The van der Waals surface area contributed by atoms with Crippen molar-refractivity contribution >= 4 is 0 Å². The Morgan fingerprint density at radius 2 is 1.83 bits per heavy atom. The first-order valence-electron chi connectivity index (χ1n) is 6.24. The summed E-state index contributed by atoms with van der Waals surface area (Å²) in [5.74, 6) is 1.13. The summed E-state index contributed by atoms with van der Waals surface area (Å²) >= 11 is 0. The molecule has 0 fully saturated rings. The second-order valence-corrected chi connectivity index (χ2v) is 4.83. The number of benzene rings is 1. The van der Waals surface area contributed by atoms with Crippen LogP contribution in [-0.2, 0) is 6.54 Å². The quantitative estimate of drug-likeness (QED) is 0.898. The van der Waals surface area contributed by atoms with Crippen LogP contribution in [0.3, 0.4) is 0 Å². The predicted molar refractivity (Wildman–Crippen MR) is 74.2 cm³/mol. The molecule has 0 spiro atoms. The Bertz CT molecular complexity index is 530. The number of aromatic nitrogens is 2. The highest BCUT2D eigenvalue weighted by molar-refractivity contribution is 5.55. The molecule has 0 aliphatic heterocycles. The molecule has 0 atom stereocenters. The molecule has 18 heavy (non-hydrogen) atoms. The van der Waals surface area contributed by atoms with Crippen molar-refractivity contribution in [3.8, 4) is 11.4 Å². The van der Waals surface area contributed by atoms with E-state index in [1.54, 1.807) is 0 Å². The summed E-state index contributed by atoms with van der Waals surface area (Å²) < 4.78 is 0. The van der Waals surface area contributed by atoms with E-state index < -0.39 is 0 Å². The largest absolute Gasteiger partial charge is 0.326 e. The van der Waals surface area contributed by atoms with E-state index in [1.807, 2.05) is 6.20 Å². The average Bonchev–Trinajstić information content (AvgIpc) is 2.39. The second kappa shape index (κ2) is 5.27. The zero-order chi connectivity index (χ0) is 13.1. The summed E-state index contributed by atoms with van der Waals surface area (Å²) in [6.45, 7) is 6.81. The smallest absolute Gasteiger partial charge is 0.159 e. The van der Waals surface area contributed by atoms with E-state index in [0.717, 1.165) is 22.6 Å². The third kappa shape index (κ3) is 2.57. The van der Waals surface area contributed by atoms with E-state index in [4.69, 9.17) is 5.73 Å². The molecule has 2 N–H and O–H groups in total. The van der Waals surface area contributed by atoms with Gasteiger partial charge in [-0.15, -0.1) is 0 Å². The average molecular weight is 241 g/mol. The highest BCUT2D eigenvalue weighted by Crippen LogP contribution is 2.21. The number of aryl methyl sites for hydroxylation is 1. The molecule has 0 bridgehead atoms. The third-order valence-electron chi connectivity index (χ3n) is 2.97. The van der Waals surface area contributed by atoms with Crippen LogP contribution in [-0.4, -0.2) is 9.97 Å². The molecule has 2 aromatic rings. The van der Waals surface area contributed by atoms with Crippen LogP contribution in [0, 0.1) is 6.92 Å². The fraction of sp³-hybridized carbons (Fsp3) is 0.333. The topological polar surface area (TPSA) is 51.8 Å². The van der Waals surface area contributed by atoms with Gasteiger partial charge in [0.15, 0.2) is 5.82 Å². The van der Waals surface area contributed by atoms with Gasteiger partial charge in [-0.25, -0.2) is 9.97 Å². The number of hydrogen-bond acceptors (Lipinski definition) is 3. The van der Waals surface area contributed by atoms with Gasteiger partial charge < -0.3 is 5.73 Å². The first kappa shape index (κ1) is 12.7. The molecule has 0 amide bonds. The molecule has 1 aromatic heterocycles. The standard InChI is InChI=1S/C15H19N3/c1-10(2)14-13(8-16)9-17-15(18-14)12-6-4-11(3)5-7-12/h4-7,9-10H,8,16H2,1-3H3. The summed E-state index contributed by atoms with van der Waals surface area (Å²) in [4.78, 5) is 9.05. The Morgan fingerprint density at radius 3 is 2.39 bits per heavy atom. The summed E-state index contributed by atoms with van der Waals surface area (Å²) in [5, 5.41) is 0. The Balaban J connectivity index is 2.46. The van der Waals surface area contributed by atoms with Crippen molar-refractivity contribution in [2.75, 3.05) is 0 Å². The minimum atomic E-state index is 0.357. The van der Waals surface area contributed by atoms with Crippen molar-refractivity contribution in [1.29, 1.82) is 0 Å². The van der Waals surface area contributed by atoms with Gasteiger partial charge in [0.25, 0.3) is 0 Å². The summed E-state index contributed by atoms with van der Waals surface area (Å²) in [6.07, 6.45) is 1.84. The molecule has 3 heteroatoms. The van der Waals surface area contributed by atoms with E-state index in [1.165, 1.54) is 5.56 Å². The summed E-state index contributed by atoms with van der Waals surface area (Å²) in [7, 11) is 0. The van der Waals surface area contributed by atoms with E-state index >= 15 is 0 Å². The Kier molecular flexibility index (Phi) is 3.72. The third-order valence-corrected chi connectivity index (χ3v) is 2.97. The van der Waals surface area contributed by atoms with Crippen molar-refractivity contribution in [2.24, 2.45) is 5.73 Å². The number of rotatable bonds is 3. The Hall–Kier alpha value is -1.74. The van der Waals surface area contributed by atoms with E-state index in [0.29, 0.717) is 12.5 Å². The normalized spacial score (nSPS) is 10.9. The van der Waals surface area contributed by atoms with Crippen LogP contribution in [0.25, 0.3) is 11.4 Å². The van der Waals surface area contributed by atoms with Gasteiger partial charge in [-0.05, 0) is 12.8 Å². The van der Waals surface area contributed by atoms with Gasteiger partial charge in [0.2, 0.25) is 0 Å². The van der Waals surface area contributed by atoms with Crippen molar-refractivity contribution in [3.63, 3.8) is 0 Å². The van der Waals surface area contributed by atoms with Crippen molar-refractivity contribution < 1.29 is 0 Å². The molecule has 94 valence electrons. The van der Waals surface area contributed by atoms with Crippen LogP contribution in [0.4, 0.5) is 0 Å². The molecular formula is C15H19N3. The van der Waals surface area contributed by atoms with E-state index in [-0.39, 0.29) is 0 Å². The van der Waals surface area contributed by atoms with Gasteiger partial charge in [-0.3, -0.25) is 0 Å². The Morgan fingerprint density at radius 1 is 1.17 bits per heavy atom. The number of hydrogen-bond donors (Lipinski definition) is 1. The lowest BCUT2D eigenvalue weighted by Gasteiger charge is -2.11. The zero-order valence-corrected chi connectivity index (χ0v) is 11.1. The predicted octanol–water partition coefficient (Wildman–Crippen LogP) is 3.03. The molecule has 0 unspecified atom stereocenters. The van der Waals surface area contributed by atoms with E-state index in [2.05, 4.69) is 55.0 Å². The lowest BCUT2D eigenvalue weighted by Crippen LogP contribution is -2.07. The lowest BCUT2D eigenvalue weighted by atomic mass is 10.0. The molecule has 0 saturated carbocycles. The molecule has 0 saturated heterocycles. The number of nitrogens with two attached hydrogens (primary N) is 1. The first-order valence-corrected chi connectivity index (χ1v) is 6.24. The van der Waals surface area contributed by atoms with Crippen LogP contribution in [0.5, 0.6) is 0 Å². The molecular weight excluding hydrogens is 222 g/mol. The zero-order valence-electron chi connectivity index (χ0n) is 11.1. The van der Waals surface area contributed by atoms with Crippen molar-refractivity contribution in [1.82, 2.24) is 9.97 Å². The lowest BCUT2D eigenvalue weighted by molar-refractivity contribution is 0.787. The molecule has 2 rings (SSSR count). The van der Waals surface area contributed by atoms with Crippen LogP contribution >= 0.6 is 0 Å². The van der Waals surface area contributed by atoms with Crippen LogP contribution in [0.1, 0.15) is 36.6 Å². The highest BCUT2D eigenvalue weighted by Gasteiger charge is 2.10. The highest BCUT2D eigenvalue weighted by atomic mass is 14.9. The minimum absolute atomic E-state index is 0.357. The second-order valence-electron chi connectivity index (χ2n) is 4.83. The number of nitrogens with zero attached hydrogens (tertiary/aromatic N) is 2. The van der Waals surface area contributed by atoms with E-state index in [9.17, 15) is 0 Å². The summed E-state index contributed by atoms with van der Waals surface area (Å²) in [5.41, 5.74) is 10.1. The molecule has 1 aromatic carbocycles. The van der Waals surface area contributed by atoms with Crippen LogP contribution < -0.4 is 5.73 Å². The molecule has 0 radical (unpaired) electrons. The molecule has 1 heterocycles. The van der Waals surface area contributed by atoms with Gasteiger partial charge in [0, 0.05) is 23.9 Å². The molecule has 3 nitrogen and oxygen atoms in total. The fourth-order valence-corrected chi connectivity index (χ4v) is 1.92. The molecule has 0 aliphatic rings. The van der Waals surface area contributed by atoms with Gasteiger partial charge in [0.1, 0.15) is 0 Å². The summed E-state index contributed by atoms with van der Waals surface area (Å²) in [6, 6.07) is 8.25. The first-order chi connectivity index (χ1) is 8.61. The van der Waals surface area contributed by atoms with Crippen molar-refractivity contribution in [2.45, 2.75) is 33.2 Å². The van der Waals surface area contributed by atoms with Gasteiger partial charge in [0.05, 0.1) is 5.69 Å². The van der Waals surface area contributed by atoms with Gasteiger partial charge in [-0.1, -0.05) is 43.7 Å². The van der Waals surface area contributed by atoms with Gasteiger partial charge in [-0.2, -0.15) is 0 Å².